The van der Waals surface area contributed by atoms with Crippen LogP contribution in [0.3, 0.4) is 0 Å². The Morgan fingerprint density at radius 3 is 2.48 bits per heavy atom. The summed E-state index contributed by atoms with van der Waals surface area (Å²) >= 11 is 1.63. The molecule has 1 aliphatic rings. The van der Waals surface area contributed by atoms with E-state index in [1.165, 1.54) is 0 Å². The van der Waals surface area contributed by atoms with E-state index in [1.807, 2.05) is 77.0 Å². The standard InChI is InChI=1S/C24H22N2O2S/c27-22(25-24(21-8-5-17-29-21)19-6-2-1-3-7-19)15-12-18-10-13-20(14-11-18)26-16-4-9-23(26)28/h1-3,5-8,10-15,17,24H,4,9,16H2,(H,25,27)/b15-12+. The van der Waals surface area contributed by atoms with Crippen molar-refractivity contribution in [1.29, 1.82) is 0 Å². The first-order valence-corrected chi connectivity index (χ1v) is 10.6. The quantitative estimate of drug-likeness (QED) is 0.603. The first kappa shape index (κ1) is 19.2. The van der Waals surface area contributed by atoms with Crippen LogP contribution < -0.4 is 10.2 Å². The lowest BCUT2D eigenvalue weighted by molar-refractivity contribution is -0.117. The average Bonchev–Trinajstić information content (AvgIpc) is 3.43. The molecule has 1 fully saturated rings. The predicted octanol–water partition coefficient (Wildman–Crippen LogP) is 4.79. The maximum atomic E-state index is 12.6. The molecule has 3 aromatic rings. The van der Waals surface area contributed by atoms with Crippen molar-refractivity contribution in [2.45, 2.75) is 18.9 Å². The van der Waals surface area contributed by atoms with Gasteiger partial charge in [0.15, 0.2) is 0 Å². The predicted molar refractivity (Wildman–Crippen MR) is 118 cm³/mol. The molecule has 146 valence electrons. The van der Waals surface area contributed by atoms with Gasteiger partial charge in [-0.3, -0.25) is 9.59 Å². The number of nitrogens with one attached hydrogen (secondary N) is 1. The van der Waals surface area contributed by atoms with Gasteiger partial charge in [0.1, 0.15) is 0 Å². The highest BCUT2D eigenvalue weighted by Gasteiger charge is 2.21. The first-order valence-electron chi connectivity index (χ1n) is 9.68. The van der Waals surface area contributed by atoms with E-state index < -0.39 is 0 Å². The van der Waals surface area contributed by atoms with Gasteiger partial charge in [0, 0.05) is 29.6 Å². The van der Waals surface area contributed by atoms with Crippen LogP contribution in [0.25, 0.3) is 6.08 Å². The number of carbonyl (C=O) groups is 2. The van der Waals surface area contributed by atoms with E-state index >= 15 is 0 Å². The molecule has 1 saturated heterocycles. The zero-order valence-corrected chi connectivity index (χ0v) is 16.8. The van der Waals surface area contributed by atoms with Gasteiger partial charge >= 0.3 is 0 Å². The number of amides is 2. The number of hydrogen-bond acceptors (Lipinski definition) is 3. The summed E-state index contributed by atoms with van der Waals surface area (Å²) in [6.07, 6.45) is 4.88. The zero-order valence-electron chi connectivity index (χ0n) is 16.0. The fraction of sp³-hybridized carbons (Fsp3) is 0.167. The number of anilines is 1. The van der Waals surface area contributed by atoms with Gasteiger partial charge in [0.25, 0.3) is 0 Å². The molecular weight excluding hydrogens is 380 g/mol. The van der Waals surface area contributed by atoms with E-state index in [2.05, 4.69) is 5.32 Å². The normalized spacial score (nSPS) is 15.0. The maximum absolute atomic E-state index is 12.6. The number of benzene rings is 2. The zero-order chi connectivity index (χ0) is 20.1. The van der Waals surface area contributed by atoms with Crippen LogP contribution in [0.4, 0.5) is 5.69 Å². The molecule has 1 atom stereocenters. The average molecular weight is 403 g/mol. The van der Waals surface area contributed by atoms with Crippen LogP contribution in [0.1, 0.15) is 34.9 Å². The van der Waals surface area contributed by atoms with Crippen molar-refractivity contribution in [2.24, 2.45) is 0 Å². The van der Waals surface area contributed by atoms with Gasteiger partial charge in [-0.25, -0.2) is 0 Å². The van der Waals surface area contributed by atoms with E-state index in [-0.39, 0.29) is 17.9 Å². The van der Waals surface area contributed by atoms with Crippen LogP contribution >= 0.6 is 11.3 Å². The third-order valence-electron chi connectivity index (χ3n) is 4.95. The fourth-order valence-electron chi connectivity index (χ4n) is 3.47. The Bertz CT molecular complexity index is 995. The third-order valence-corrected chi connectivity index (χ3v) is 5.89. The maximum Gasteiger partial charge on any atom is 0.244 e. The SMILES string of the molecule is O=C(/C=C/c1ccc(N2CCCC2=O)cc1)NC(c1ccccc1)c1cccs1. The molecule has 0 saturated carbocycles. The van der Waals surface area contributed by atoms with Gasteiger partial charge in [-0.1, -0.05) is 48.5 Å². The Labute approximate surface area is 174 Å². The molecule has 1 N–H and O–H groups in total. The minimum atomic E-state index is -0.170. The molecule has 2 amide bonds. The topological polar surface area (TPSA) is 49.4 Å². The van der Waals surface area contributed by atoms with Crippen LogP contribution in [0, 0.1) is 0 Å². The molecule has 0 aliphatic carbocycles. The second-order valence-corrected chi connectivity index (χ2v) is 7.92. The molecule has 4 rings (SSSR count). The molecule has 2 aromatic carbocycles. The number of hydrogen-bond donors (Lipinski definition) is 1. The molecule has 29 heavy (non-hydrogen) atoms. The molecule has 1 unspecified atom stereocenters. The highest BCUT2D eigenvalue weighted by Crippen LogP contribution is 2.26. The summed E-state index contributed by atoms with van der Waals surface area (Å²) in [6, 6.07) is 21.5. The second kappa shape index (κ2) is 8.88. The van der Waals surface area contributed by atoms with Gasteiger partial charge in [0.2, 0.25) is 11.8 Å². The fourth-order valence-corrected chi connectivity index (χ4v) is 4.27. The summed E-state index contributed by atoms with van der Waals surface area (Å²) in [7, 11) is 0. The van der Waals surface area contributed by atoms with Crippen LogP contribution in [-0.2, 0) is 9.59 Å². The van der Waals surface area contributed by atoms with Crippen molar-refractivity contribution in [3.05, 3.63) is 94.2 Å². The number of rotatable bonds is 6. The van der Waals surface area contributed by atoms with E-state index in [9.17, 15) is 9.59 Å². The van der Waals surface area contributed by atoms with Crippen LogP contribution in [0.2, 0.25) is 0 Å². The summed E-state index contributed by atoms with van der Waals surface area (Å²) in [6.45, 7) is 0.778. The van der Waals surface area contributed by atoms with E-state index in [4.69, 9.17) is 0 Å². The lowest BCUT2D eigenvalue weighted by Gasteiger charge is -2.17. The van der Waals surface area contributed by atoms with Gasteiger partial charge < -0.3 is 10.2 Å². The summed E-state index contributed by atoms with van der Waals surface area (Å²) < 4.78 is 0. The van der Waals surface area contributed by atoms with E-state index in [1.54, 1.807) is 23.5 Å². The summed E-state index contributed by atoms with van der Waals surface area (Å²) in [4.78, 5) is 27.3. The minimum absolute atomic E-state index is 0.147. The Morgan fingerprint density at radius 2 is 1.83 bits per heavy atom. The second-order valence-electron chi connectivity index (χ2n) is 6.94. The van der Waals surface area contributed by atoms with Crippen molar-refractivity contribution < 1.29 is 9.59 Å². The monoisotopic (exact) mass is 402 g/mol. The largest absolute Gasteiger partial charge is 0.341 e. The van der Waals surface area contributed by atoms with Crippen LogP contribution in [0.5, 0.6) is 0 Å². The Kier molecular flexibility index (Phi) is 5.86. The van der Waals surface area contributed by atoms with Gasteiger partial charge in [-0.2, -0.15) is 0 Å². The number of nitrogens with zero attached hydrogens (tertiary/aromatic N) is 1. The summed E-state index contributed by atoms with van der Waals surface area (Å²) in [5, 5.41) is 5.11. The molecule has 1 aromatic heterocycles. The van der Waals surface area contributed by atoms with Gasteiger partial charge in [0.05, 0.1) is 6.04 Å². The van der Waals surface area contributed by atoms with Crippen LogP contribution in [-0.4, -0.2) is 18.4 Å². The Balaban J connectivity index is 1.44. The van der Waals surface area contributed by atoms with Crippen molar-refractivity contribution in [3.8, 4) is 0 Å². The highest BCUT2D eigenvalue weighted by atomic mass is 32.1. The molecule has 5 heteroatoms. The number of thiophene rings is 1. The van der Waals surface area contributed by atoms with Crippen molar-refractivity contribution >= 4 is 34.9 Å². The van der Waals surface area contributed by atoms with Gasteiger partial charge in [-0.15, -0.1) is 11.3 Å². The first-order chi connectivity index (χ1) is 14.2. The lowest BCUT2D eigenvalue weighted by Crippen LogP contribution is -2.27. The Hall–Kier alpha value is -3.18. The minimum Gasteiger partial charge on any atom is -0.341 e. The third kappa shape index (κ3) is 4.63. The number of carbonyl (C=O) groups excluding carboxylic acids is 2. The molecule has 0 bridgehead atoms. The molecule has 2 heterocycles. The van der Waals surface area contributed by atoms with E-state index in [0.29, 0.717) is 6.42 Å². The summed E-state index contributed by atoms with van der Waals surface area (Å²) in [5.74, 6) is 0.0271. The van der Waals surface area contributed by atoms with E-state index in [0.717, 1.165) is 34.7 Å². The Morgan fingerprint density at radius 1 is 1.03 bits per heavy atom. The summed E-state index contributed by atoms with van der Waals surface area (Å²) in [5.41, 5.74) is 2.88. The smallest absolute Gasteiger partial charge is 0.244 e. The van der Waals surface area contributed by atoms with Crippen molar-refractivity contribution in [1.82, 2.24) is 5.32 Å². The highest BCUT2D eigenvalue weighted by molar-refractivity contribution is 7.10. The molecule has 4 nitrogen and oxygen atoms in total. The molecule has 0 spiro atoms. The lowest BCUT2D eigenvalue weighted by atomic mass is 10.1. The molecule has 0 radical (unpaired) electrons. The van der Waals surface area contributed by atoms with Crippen molar-refractivity contribution in [3.63, 3.8) is 0 Å². The van der Waals surface area contributed by atoms with Crippen LogP contribution in [0.15, 0.2) is 78.2 Å². The van der Waals surface area contributed by atoms with Crippen molar-refractivity contribution in [2.75, 3.05) is 11.4 Å². The molecule has 1 aliphatic heterocycles. The van der Waals surface area contributed by atoms with Gasteiger partial charge in [-0.05, 0) is 47.2 Å². The molecular formula is C24H22N2O2S.